The number of aromatic hydroxyl groups is 1. The molecule has 1 heterocycles. The molecule has 15 heteroatoms. The summed E-state index contributed by atoms with van der Waals surface area (Å²) in [7, 11) is -1.56. The van der Waals surface area contributed by atoms with Gasteiger partial charge in [0, 0.05) is 11.1 Å². The molecule has 0 spiro atoms. The molecule has 0 saturated heterocycles. The Balaban J connectivity index is 2.64. The highest BCUT2D eigenvalue weighted by Gasteiger charge is 2.27. The average Bonchev–Trinajstić information content (AvgIpc) is 3.18. The van der Waals surface area contributed by atoms with E-state index in [1.165, 1.54) is 12.6 Å². The van der Waals surface area contributed by atoms with Gasteiger partial charge >= 0.3 is 14.3 Å². The van der Waals surface area contributed by atoms with E-state index in [1.54, 1.807) is 6.92 Å². The number of hydroxylamine groups is 1. The number of rotatable bonds is 9. The number of quaternary nitrogens is 1. The van der Waals surface area contributed by atoms with Crippen LogP contribution in [0.4, 0.5) is 5.69 Å². The van der Waals surface area contributed by atoms with Crippen molar-refractivity contribution in [2.45, 2.75) is 20.3 Å². The number of allylic oxidation sites excluding steroid dienone is 3. The molecule has 0 fully saturated rings. The van der Waals surface area contributed by atoms with E-state index >= 15 is 0 Å². The highest BCUT2D eigenvalue weighted by Crippen LogP contribution is 2.44. The third-order valence-electron chi connectivity index (χ3n) is 3.88. The van der Waals surface area contributed by atoms with Crippen molar-refractivity contribution in [2.24, 2.45) is 0 Å². The van der Waals surface area contributed by atoms with Crippen LogP contribution in [0.2, 0.25) is 0 Å². The lowest BCUT2D eigenvalue weighted by Crippen LogP contribution is -2.79. The summed E-state index contributed by atoms with van der Waals surface area (Å²) in [6, 6.07) is 2.04. The molecule has 0 amide bonds. The van der Waals surface area contributed by atoms with Crippen LogP contribution in [0.1, 0.15) is 26.1 Å². The van der Waals surface area contributed by atoms with Gasteiger partial charge in [-0.1, -0.05) is 23.7 Å². The zero-order valence-corrected chi connectivity index (χ0v) is 18.8. The van der Waals surface area contributed by atoms with Crippen molar-refractivity contribution in [2.75, 3.05) is 7.11 Å². The fraction of sp³-hybridized carbons (Fsp3) is 0.250. The summed E-state index contributed by atoms with van der Waals surface area (Å²) in [5.41, 5.74) is 1.32. The largest absolute Gasteiger partial charge is 0.500 e. The summed E-state index contributed by atoms with van der Waals surface area (Å²) in [5, 5.41) is 25.7. The fourth-order valence-electron chi connectivity index (χ4n) is 2.47. The van der Waals surface area contributed by atoms with E-state index < -0.39 is 30.7 Å². The molecule has 2 aromatic rings. The van der Waals surface area contributed by atoms with Crippen LogP contribution in [0.25, 0.3) is 17.0 Å². The first kappa shape index (κ1) is 25.0. The lowest BCUT2D eigenvalue weighted by molar-refractivity contribution is -0.847. The van der Waals surface area contributed by atoms with E-state index in [1.807, 2.05) is 6.92 Å². The summed E-state index contributed by atoms with van der Waals surface area (Å²) in [6.07, 6.45) is 0.509. The number of halogens is 2. The van der Waals surface area contributed by atoms with Crippen LogP contribution < -0.4 is 10.0 Å². The van der Waals surface area contributed by atoms with Gasteiger partial charge in [-0.15, -0.1) is 0 Å². The number of hydrogen-bond acceptors (Lipinski definition) is 10. The predicted octanol–water partition coefficient (Wildman–Crippen LogP) is 2.90. The quantitative estimate of drug-likeness (QED) is 0.133. The molecule has 0 unspecified atom stereocenters. The topological polar surface area (TPSA) is 178 Å². The van der Waals surface area contributed by atoms with E-state index in [0.717, 1.165) is 12.1 Å². The number of phenolic OH excluding ortho intramolecular Hbond substituents is 1. The maximum absolute atomic E-state index is 11.3. The molecule has 0 atom stereocenters. The Morgan fingerprint density at radius 1 is 1.39 bits per heavy atom. The Bertz CT molecular complexity index is 1040. The summed E-state index contributed by atoms with van der Waals surface area (Å²) in [5.74, 6) is -1.62. The van der Waals surface area contributed by atoms with E-state index in [-0.39, 0.29) is 22.4 Å². The van der Waals surface area contributed by atoms with Crippen molar-refractivity contribution in [3.63, 3.8) is 0 Å². The highest BCUT2D eigenvalue weighted by molar-refractivity contribution is 7.39. The van der Waals surface area contributed by atoms with Crippen LogP contribution in [-0.4, -0.2) is 37.1 Å². The number of phenols is 1. The number of hydrogen-bond donors (Lipinski definition) is 4. The van der Waals surface area contributed by atoms with Gasteiger partial charge in [-0.25, -0.2) is 4.84 Å². The standard InChI is InChI=1S/C16H17Cl2N4O8P/c1-4-9(17)7(2)12(14(18)20-28-3)15-19-16(29-21-15)8-5-10(22(24)25)13(23)11(6-8)30-31(26)27/h5-6,20,23,26-27H,4H2,1-3H3/p+1/b9-7+,14-12+. The molecule has 1 aromatic heterocycles. The number of nitrogens with zero attached hydrogens (tertiary/aromatic N) is 3. The molecule has 0 saturated carbocycles. The van der Waals surface area contributed by atoms with Crippen LogP contribution in [0.5, 0.6) is 11.5 Å². The third kappa shape index (κ3) is 5.89. The van der Waals surface area contributed by atoms with Crippen LogP contribution in [0.3, 0.4) is 0 Å². The number of aromatic nitrogens is 2. The molecular weight excluding hydrogens is 478 g/mol. The normalized spacial score (nSPS) is 13.2. The average molecular weight is 496 g/mol. The Kier molecular flexibility index (Phi) is 8.71. The van der Waals surface area contributed by atoms with Crippen molar-refractivity contribution in [1.82, 2.24) is 10.1 Å². The van der Waals surface area contributed by atoms with Gasteiger partial charge in [0.1, 0.15) is 5.57 Å². The number of nitro benzene ring substituents is 1. The zero-order chi connectivity index (χ0) is 23.3. The van der Waals surface area contributed by atoms with Crippen LogP contribution in [-0.2, 0) is 4.84 Å². The molecule has 0 aliphatic carbocycles. The van der Waals surface area contributed by atoms with Gasteiger partial charge < -0.3 is 23.9 Å². The van der Waals surface area contributed by atoms with Crippen LogP contribution in [0.15, 0.2) is 32.4 Å². The van der Waals surface area contributed by atoms with Gasteiger partial charge in [0.15, 0.2) is 5.75 Å². The molecular formula is C16H18Cl2N4O8P+. The second-order valence-corrected chi connectivity index (χ2v) is 7.38. The van der Waals surface area contributed by atoms with Crippen LogP contribution in [0, 0.1) is 10.1 Å². The summed E-state index contributed by atoms with van der Waals surface area (Å²) >= 11 is 12.5. The molecule has 12 nitrogen and oxygen atoms in total. The summed E-state index contributed by atoms with van der Waals surface area (Å²) < 4.78 is 9.87. The van der Waals surface area contributed by atoms with Crippen molar-refractivity contribution < 1.29 is 39.2 Å². The first-order valence-electron chi connectivity index (χ1n) is 8.43. The zero-order valence-electron chi connectivity index (χ0n) is 16.4. The van der Waals surface area contributed by atoms with E-state index in [2.05, 4.69) is 14.7 Å². The third-order valence-corrected chi connectivity index (χ3v) is 5.07. The Morgan fingerprint density at radius 3 is 2.61 bits per heavy atom. The number of nitrogens with two attached hydrogens (primary N) is 1. The Hall–Kier alpha value is -2.31. The molecule has 0 radical (unpaired) electrons. The lowest BCUT2D eigenvalue weighted by atomic mass is 10.1. The molecule has 0 aliphatic rings. The molecule has 5 N–H and O–H groups in total. The first-order valence-corrected chi connectivity index (χ1v) is 10.4. The molecule has 168 valence electrons. The minimum absolute atomic E-state index is 0.0159. The summed E-state index contributed by atoms with van der Waals surface area (Å²) in [4.78, 5) is 37.6. The molecule has 2 rings (SSSR count). The van der Waals surface area contributed by atoms with Gasteiger partial charge in [-0.2, -0.15) is 10.5 Å². The first-order chi connectivity index (χ1) is 14.6. The maximum atomic E-state index is 11.3. The van der Waals surface area contributed by atoms with Crippen molar-refractivity contribution >= 4 is 43.1 Å². The molecule has 0 bridgehead atoms. The van der Waals surface area contributed by atoms with Gasteiger partial charge in [-0.05, 0) is 36.6 Å². The number of nitro groups is 1. The van der Waals surface area contributed by atoms with Gasteiger partial charge in [0.05, 0.1) is 17.6 Å². The van der Waals surface area contributed by atoms with E-state index in [9.17, 15) is 15.2 Å². The smallest absolute Gasteiger partial charge is 0.391 e. The van der Waals surface area contributed by atoms with Crippen molar-refractivity contribution in [1.29, 1.82) is 0 Å². The maximum Gasteiger partial charge on any atom is 0.391 e. The lowest BCUT2D eigenvalue weighted by Gasteiger charge is -2.08. The monoisotopic (exact) mass is 495 g/mol. The van der Waals surface area contributed by atoms with Crippen molar-refractivity contribution in [3.05, 3.63) is 43.8 Å². The minimum atomic E-state index is -2.95. The molecule has 1 aromatic carbocycles. The molecule has 0 aliphatic heterocycles. The highest BCUT2D eigenvalue weighted by atomic mass is 35.5. The Labute approximate surface area is 186 Å². The predicted molar refractivity (Wildman–Crippen MR) is 111 cm³/mol. The van der Waals surface area contributed by atoms with E-state index in [0.29, 0.717) is 22.6 Å². The van der Waals surface area contributed by atoms with Crippen molar-refractivity contribution in [3.8, 4) is 23.0 Å². The minimum Gasteiger partial charge on any atom is -0.500 e. The SMILES string of the molecule is CC/C(Cl)=C(C)\C(=C(\Cl)[NH2+]OC)c1noc(-c2cc(OP(O)O)c(O)c([N+](=O)[O-])c2)n1. The van der Waals surface area contributed by atoms with Crippen LogP contribution >= 0.6 is 31.8 Å². The Morgan fingerprint density at radius 2 is 2.06 bits per heavy atom. The summed E-state index contributed by atoms with van der Waals surface area (Å²) in [6.45, 7) is 3.54. The van der Waals surface area contributed by atoms with E-state index in [4.69, 9.17) is 42.3 Å². The fourth-order valence-corrected chi connectivity index (χ4v) is 3.20. The van der Waals surface area contributed by atoms with Gasteiger partial charge in [0.25, 0.3) is 5.89 Å². The second-order valence-electron chi connectivity index (χ2n) is 5.83. The van der Waals surface area contributed by atoms with Gasteiger partial charge in [-0.3, -0.25) is 10.1 Å². The molecule has 31 heavy (non-hydrogen) atoms. The second kappa shape index (κ2) is 10.8. The number of benzene rings is 1. The van der Waals surface area contributed by atoms with Gasteiger partial charge in [0.2, 0.25) is 16.7 Å².